The van der Waals surface area contributed by atoms with Gasteiger partial charge >= 0.3 is 0 Å². The lowest BCUT2D eigenvalue weighted by Gasteiger charge is -2.30. The number of hydrogen-bond acceptors (Lipinski definition) is 9. The maximum Gasteiger partial charge on any atom is 0.244 e. The van der Waals surface area contributed by atoms with E-state index in [4.69, 9.17) is 0 Å². The summed E-state index contributed by atoms with van der Waals surface area (Å²) < 4.78 is 27.6. The number of rotatable bonds is 7. The van der Waals surface area contributed by atoms with Crippen LogP contribution in [-0.2, 0) is 20.6 Å². The zero-order chi connectivity index (χ0) is 21.0. The highest BCUT2D eigenvalue weighted by Crippen LogP contribution is 2.30. The van der Waals surface area contributed by atoms with Crippen LogP contribution in [0.4, 0.5) is 5.13 Å². The zero-order valence-electron chi connectivity index (χ0n) is 15.8. The number of anilines is 1. The van der Waals surface area contributed by atoms with E-state index >= 15 is 0 Å². The third kappa shape index (κ3) is 5.06. The fourth-order valence-electron chi connectivity index (χ4n) is 3.06. The molecule has 0 saturated carbocycles. The van der Waals surface area contributed by atoms with Gasteiger partial charge in [-0.05, 0) is 36.4 Å². The fraction of sp³-hybridized carbons (Fsp3) is 0.333. The minimum absolute atomic E-state index is 0.139. The molecular weight excluding hydrogens is 462 g/mol. The lowest BCUT2D eigenvalue weighted by atomic mass is 9.97. The molecule has 3 aromatic rings. The average molecular weight is 482 g/mol. The van der Waals surface area contributed by atoms with Crippen LogP contribution in [0.5, 0.6) is 0 Å². The molecule has 1 amide bonds. The Morgan fingerprint density at radius 2 is 2.07 bits per heavy atom. The number of carbonyl (C=O) groups excluding carboxylic acids is 1. The Morgan fingerprint density at radius 1 is 1.23 bits per heavy atom. The molecule has 4 heterocycles. The summed E-state index contributed by atoms with van der Waals surface area (Å²) in [6.45, 7) is 0.598. The van der Waals surface area contributed by atoms with E-state index in [0.29, 0.717) is 31.1 Å². The molecular formula is C18H19N5O3S4. The summed E-state index contributed by atoms with van der Waals surface area (Å²) in [7, 11) is -3.57. The van der Waals surface area contributed by atoms with E-state index in [9.17, 15) is 13.2 Å². The van der Waals surface area contributed by atoms with Crippen molar-refractivity contribution in [1.29, 1.82) is 0 Å². The zero-order valence-corrected chi connectivity index (χ0v) is 19.1. The second-order valence-corrected chi connectivity index (χ2v) is 11.8. The van der Waals surface area contributed by atoms with Gasteiger partial charge < -0.3 is 5.32 Å². The molecule has 12 heteroatoms. The van der Waals surface area contributed by atoms with Gasteiger partial charge in [0, 0.05) is 42.0 Å². The molecule has 4 rings (SSSR count). The van der Waals surface area contributed by atoms with Gasteiger partial charge in [0.1, 0.15) is 4.90 Å². The number of nitrogens with zero attached hydrogens (tertiary/aromatic N) is 4. The Bertz CT molecular complexity index is 1080. The Balaban J connectivity index is 1.28. The summed E-state index contributed by atoms with van der Waals surface area (Å²) in [6, 6.07) is 7.22. The number of thiophene rings is 1. The number of carbonyl (C=O) groups is 1. The number of amides is 1. The predicted molar refractivity (Wildman–Crippen MR) is 118 cm³/mol. The summed E-state index contributed by atoms with van der Waals surface area (Å²) >= 11 is 4.63. The van der Waals surface area contributed by atoms with Gasteiger partial charge in [-0.1, -0.05) is 29.2 Å². The van der Waals surface area contributed by atoms with E-state index in [1.165, 1.54) is 39.0 Å². The van der Waals surface area contributed by atoms with Crippen molar-refractivity contribution in [3.8, 4) is 0 Å². The van der Waals surface area contributed by atoms with E-state index in [1.807, 2.05) is 11.4 Å². The van der Waals surface area contributed by atoms with Gasteiger partial charge in [0.05, 0.1) is 0 Å². The van der Waals surface area contributed by atoms with E-state index in [2.05, 4.69) is 26.6 Å². The van der Waals surface area contributed by atoms with E-state index in [0.717, 1.165) is 10.1 Å². The summed E-state index contributed by atoms with van der Waals surface area (Å²) in [4.78, 5) is 17.9. The summed E-state index contributed by atoms with van der Waals surface area (Å²) in [6.07, 6.45) is 3.81. The van der Waals surface area contributed by atoms with Crippen LogP contribution in [0.2, 0.25) is 0 Å². The number of thioether (sulfide) groups is 1. The second-order valence-electron chi connectivity index (χ2n) is 6.60. The number of nitrogens with one attached hydrogen (secondary N) is 1. The minimum atomic E-state index is -3.57. The van der Waals surface area contributed by atoms with Gasteiger partial charge in [-0.15, -0.1) is 21.5 Å². The molecule has 0 unspecified atom stereocenters. The third-order valence-electron chi connectivity index (χ3n) is 4.65. The Hall–Kier alpha value is -1.86. The first-order chi connectivity index (χ1) is 14.5. The van der Waals surface area contributed by atoms with E-state index in [-0.39, 0.29) is 16.7 Å². The van der Waals surface area contributed by atoms with Crippen molar-refractivity contribution in [1.82, 2.24) is 19.5 Å². The number of sulfonamides is 1. The topological polar surface area (TPSA) is 105 Å². The first-order valence-electron chi connectivity index (χ1n) is 9.22. The van der Waals surface area contributed by atoms with Crippen molar-refractivity contribution in [2.75, 3.05) is 18.4 Å². The Kier molecular flexibility index (Phi) is 6.78. The SMILES string of the molecule is O=C(Nc1nnc(SCc2cccs2)s1)C1CCN(S(=O)(=O)c2cccnc2)CC1. The van der Waals surface area contributed by atoms with Crippen molar-refractivity contribution >= 4 is 55.5 Å². The normalized spacial score (nSPS) is 15.9. The van der Waals surface area contributed by atoms with Crippen LogP contribution in [0.1, 0.15) is 17.7 Å². The van der Waals surface area contributed by atoms with Crippen LogP contribution in [0.25, 0.3) is 0 Å². The maximum absolute atomic E-state index is 12.7. The molecule has 0 bridgehead atoms. The summed E-state index contributed by atoms with van der Waals surface area (Å²) in [5.41, 5.74) is 0. The fourth-order valence-corrected chi connectivity index (χ4v) is 7.02. The van der Waals surface area contributed by atoms with Gasteiger partial charge in [0.25, 0.3) is 0 Å². The minimum Gasteiger partial charge on any atom is -0.300 e. The predicted octanol–water partition coefficient (Wildman–Crippen LogP) is 3.33. The molecule has 1 saturated heterocycles. The average Bonchev–Trinajstić information content (AvgIpc) is 3.45. The molecule has 8 nitrogen and oxygen atoms in total. The van der Waals surface area contributed by atoms with Crippen LogP contribution in [0.15, 0.2) is 51.3 Å². The quantitative estimate of drug-likeness (QED) is 0.408. The number of pyridine rings is 1. The maximum atomic E-state index is 12.7. The van der Waals surface area contributed by atoms with Crippen LogP contribution >= 0.6 is 34.4 Å². The molecule has 30 heavy (non-hydrogen) atoms. The monoisotopic (exact) mass is 481 g/mol. The van der Waals surface area contributed by atoms with Crippen molar-refractivity contribution in [3.05, 3.63) is 46.9 Å². The molecule has 158 valence electrons. The standard InChI is InChI=1S/C18H19N5O3S4/c24-16(20-17-21-22-18(29-17)28-12-14-3-2-10-27-14)13-5-8-23(9-6-13)30(25,26)15-4-1-7-19-11-15/h1-4,7,10-11,13H,5-6,8-9,12H2,(H,20,21,24). The molecule has 0 spiro atoms. The van der Waals surface area contributed by atoms with Gasteiger partial charge in [-0.25, -0.2) is 8.42 Å². The van der Waals surface area contributed by atoms with Gasteiger partial charge in [0.15, 0.2) is 4.34 Å². The number of hydrogen-bond donors (Lipinski definition) is 1. The van der Waals surface area contributed by atoms with Crippen LogP contribution in [0, 0.1) is 5.92 Å². The van der Waals surface area contributed by atoms with Gasteiger partial charge in [0.2, 0.25) is 21.1 Å². The molecule has 0 aliphatic carbocycles. The van der Waals surface area contributed by atoms with Crippen molar-refractivity contribution in [2.24, 2.45) is 5.92 Å². The smallest absolute Gasteiger partial charge is 0.244 e. The molecule has 1 fully saturated rings. The molecule has 1 aliphatic heterocycles. The Labute approximate surface area is 186 Å². The van der Waals surface area contributed by atoms with Gasteiger partial charge in [-0.2, -0.15) is 4.31 Å². The molecule has 0 aromatic carbocycles. The molecule has 1 N–H and O–H groups in total. The first kappa shape index (κ1) is 21.4. The highest BCUT2D eigenvalue weighted by Gasteiger charge is 2.32. The first-order valence-corrected chi connectivity index (χ1v) is 13.3. The van der Waals surface area contributed by atoms with Gasteiger partial charge in [-0.3, -0.25) is 9.78 Å². The van der Waals surface area contributed by atoms with Crippen molar-refractivity contribution < 1.29 is 13.2 Å². The second kappa shape index (κ2) is 9.52. The highest BCUT2D eigenvalue weighted by atomic mass is 32.2. The molecule has 0 atom stereocenters. The third-order valence-corrected chi connectivity index (χ3v) is 9.61. The van der Waals surface area contributed by atoms with Crippen molar-refractivity contribution in [3.63, 3.8) is 0 Å². The number of piperidine rings is 1. The molecule has 0 radical (unpaired) electrons. The van der Waals surface area contributed by atoms with E-state index in [1.54, 1.807) is 29.2 Å². The van der Waals surface area contributed by atoms with E-state index < -0.39 is 10.0 Å². The largest absolute Gasteiger partial charge is 0.300 e. The summed E-state index contributed by atoms with van der Waals surface area (Å²) in [5, 5.41) is 13.5. The number of aromatic nitrogens is 3. The summed E-state index contributed by atoms with van der Waals surface area (Å²) in [5.74, 6) is 0.431. The van der Waals surface area contributed by atoms with Crippen LogP contribution in [0.3, 0.4) is 0 Å². The lowest BCUT2D eigenvalue weighted by Crippen LogP contribution is -2.41. The Morgan fingerprint density at radius 3 is 2.77 bits per heavy atom. The van der Waals surface area contributed by atoms with Crippen LogP contribution < -0.4 is 5.32 Å². The molecule has 3 aromatic heterocycles. The van der Waals surface area contributed by atoms with Crippen LogP contribution in [-0.4, -0.2) is 46.9 Å². The molecule has 1 aliphatic rings. The lowest BCUT2D eigenvalue weighted by molar-refractivity contribution is -0.120. The highest BCUT2D eigenvalue weighted by molar-refractivity contribution is 8.00. The van der Waals surface area contributed by atoms with Crippen molar-refractivity contribution in [2.45, 2.75) is 27.8 Å².